The van der Waals surface area contributed by atoms with Crippen LogP contribution in [0.3, 0.4) is 0 Å². The number of H-pyrrole nitrogens is 1. The fourth-order valence-corrected chi connectivity index (χ4v) is 3.63. The van der Waals surface area contributed by atoms with Crippen molar-refractivity contribution in [2.45, 2.75) is 26.2 Å². The zero-order valence-electron chi connectivity index (χ0n) is 15.0. The topological polar surface area (TPSA) is 74.7 Å². The molecule has 3 aromatic heterocycles. The van der Waals surface area contributed by atoms with Crippen molar-refractivity contribution >= 4 is 16.7 Å². The molecular formula is C20H21N7. The number of hydrogen-bond acceptors (Lipinski definition) is 5. The minimum Gasteiger partial charge on any atom is -0.363 e. The van der Waals surface area contributed by atoms with Crippen molar-refractivity contribution < 1.29 is 0 Å². The lowest BCUT2D eigenvalue weighted by Gasteiger charge is -2.27. The van der Waals surface area contributed by atoms with Crippen LogP contribution in [0.4, 0.5) is 5.82 Å². The van der Waals surface area contributed by atoms with Crippen LogP contribution < -0.4 is 5.32 Å². The Morgan fingerprint density at radius 3 is 3.04 bits per heavy atom. The predicted molar refractivity (Wildman–Crippen MR) is 104 cm³/mol. The van der Waals surface area contributed by atoms with E-state index in [0.29, 0.717) is 6.54 Å². The van der Waals surface area contributed by atoms with Gasteiger partial charge in [0, 0.05) is 43.7 Å². The highest BCUT2D eigenvalue weighted by Crippen LogP contribution is 2.19. The van der Waals surface area contributed by atoms with Crippen molar-refractivity contribution in [2.75, 3.05) is 11.9 Å². The van der Waals surface area contributed by atoms with Crippen molar-refractivity contribution in [3.8, 4) is 0 Å². The number of nitrogens with zero attached hydrogens (tertiary/aromatic N) is 5. The minimum atomic E-state index is 0.656. The van der Waals surface area contributed by atoms with Gasteiger partial charge in [-0.2, -0.15) is 5.10 Å². The molecule has 5 rings (SSSR count). The van der Waals surface area contributed by atoms with E-state index in [1.165, 1.54) is 22.2 Å². The van der Waals surface area contributed by atoms with E-state index in [-0.39, 0.29) is 0 Å². The first-order valence-electron chi connectivity index (χ1n) is 9.17. The van der Waals surface area contributed by atoms with Crippen LogP contribution in [0.1, 0.15) is 17.0 Å². The molecule has 0 atom stereocenters. The van der Waals surface area contributed by atoms with Gasteiger partial charge in [0.25, 0.3) is 0 Å². The largest absolute Gasteiger partial charge is 0.363 e. The number of hydrogen-bond donors (Lipinski definition) is 2. The Hall–Kier alpha value is -3.19. The van der Waals surface area contributed by atoms with E-state index < -0.39 is 0 Å². The van der Waals surface area contributed by atoms with Crippen molar-refractivity contribution in [1.82, 2.24) is 29.6 Å². The zero-order chi connectivity index (χ0) is 18.1. The highest BCUT2D eigenvalue weighted by atomic mass is 15.3. The van der Waals surface area contributed by atoms with Crippen LogP contribution in [0, 0.1) is 0 Å². The summed E-state index contributed by atoms with van der Waals surface area (Å²) in [7, 11) is 0. The predicted octanol–water partition coefficient (Wildman–Crippen LogP) is 2.78. The molecule has 0 spiro atoms. The van der Waals surface area contributed by atoms with Crippen molar-refractivity contribution in [1.29, 1.82) is 0 Å². The van der Waals surface area contributed by atoms with Gasteiger partial charge in [-0.25, -0.2) is 4.98 Å². The van der Waals surface area contributed by atoms with E-state index in [4.69, 9.17) is 5.10 Å². The Balaban J connectivity index is 1.24. The summed E-state index contributed by atoms with van der Waals surface area (Å²) in [5.74, 6) is 0.769. The maximum absolute atomic E-state index is 4.72. The standard InChI is InChI=1S/C20H21N7/c1-2-19-16(3-4-22-19)9-15(1)13-26-7-8-27-18(14-26)10-17(25-27)11-24-20-12-21-5-6-23-20/h1-6,9-10,12,22H,7-8,11,13-14H2,(H,23,24). The number of rotatable bonds is 5. The number of benzene rings is 1. The number of anilines is 1. The molecule has 0 radical (unpaired) electrons. The average Bonchev–Trinajstić information content (AvgIpc) is 3.33. The second-order valence-electron chi connectivity index (χ2n) is 6.90. The molecule has 4 heterocycles. The summed E-state index contributed by atoms with van der Waals surface area (Å²) in [6, 6.07) is 11.0. The highest BCUT2D eigenvalue weighted by Gasteiger charge is 2.18. The van der Waals surface area contributed by atoms with E-state index in [1.54, 1.807) is 18.6 Å². The lowest BCUT2D eigenvalue weighted by Crippen LogP contribution is -2.33. The molecule has 0 aliphatic carbocycles. The van der Waals surface area contributed by atoms with E-state index in [0.717, 1.165) is 37.7 Å². The molecule has 0 unspecified atom stereocenters. The van der Waals surface area contributed by atoms with Gasteiger partial charge < -0.3 is 10.3 Å². The summed E-state index contributed by atoms with van der Waals surface area (Å²) < 4.78 is 2.12. The normalized spacial score (nSPS) is 14.4. The van der Waals surface area contributed by atoms with Gasteiger partial charge in [-0.3, -0.25) is 14.6 Å². The van der Waals surface area contributed by atoms with Gasteiger partial charge in [0.05, 0.1) is 30.7 Å². The third-order valence-corrected chi connectivity index (χ3v) is 4.97. The molecule has 0 saturated carbocycles. The molecule has 0 fully saturated rings. The zero-order valence-corrected chi connectivity index (χ0v) is 15.0. The smallest absolute Gasteiger partial charge is 0.144 e. The number of fused-ring (bicyclic) bond motifs is 2. The van der Waals surface area contributed by atoms with Crippen LogP contribution in [-0.2, 0) is 26.2 Å². The van der Waals surface area contributed by atoms with Gasteiger partial charge in [0.2, 0.25) is 0 Å². The molecule has 0 saturated heterocycles. The number of nitrogens with one attached hydrogen (secondary N) is 2. The maximum Gasteiger partial charge on any atom is 0.144 e. The molecule has 136 valence electrons. The molecule has 2 N–H and O–H groups in total. The van der Waals surface area contributed by atoms with Gasteiger partial charge in [0.15, 0.2) is 0 Å². The molecule has 7 heteroatoms. The summed E-state index contributed by atoms with van der Waals surface area (Å²) in [6.45, 7) is 4.47. The summed E-state index contributed by atoms with van der Waals surface area (Å²) in [6.07, 6.45) is 7.07. The van der Waals surface area contributed by atoms with E-state index in [2.05, 4.69) is 60.2 Å². The van der Waals surface area contributed by atoms with Crippen LogP contribution in [0.5, 0.6) is 0 Å². The Kier molecular flexibility index (Phi) is 4.06. The third-order valence-electron chi connectivity index (χ3n) is 4.97. The first-order valence-corrected chi connectivity index (χ1v) is 9.17. The molecular weight excluding hydrogens is 338 g/mol. The highest BCUT2D eigenvalue weighted by molar-refractivity contribution is 5.79. The molecule has 7 nitrogen and oxygen atoms in total. The second-order valence-corrected chi connectivity index (χ2v) is 6.90. The van der Waals surface area contributed by atoms with Crippen LogP contribution in [0.2, 0.25) is 0 Å². The number of aromatic amines is 1. The molecule has 1 aromatic carbocycles. The molecule has 0 bridgehead atoms. The van der Waals surface area contributed by atoms with Crippen molar-refractivity contribution in [3.63, 3.8) is 0 Å². The first-order chi connectivity index (χ1) is 13.3. The van der Waals surface area contributed by atoms with Crippen LogP contribution in [0.15, 0.2) is 55.1 Å². The van der Waals surface area contributed by atoms with Crippen LogP contribution >= 0.6 is 0 Å². The van der Waals surface area contributed by atoms with Gasteiger partial charge in [-0.1, -0.05) is 6.07 Å². The Bertz CT molecular complexity index is 1050. The Labute approximate surface area is 157 Å². The first kappa shape index (κ1) is 16.0. The van der Waals surface area contributed by atoms with Crippen molar-refractivity contribution in [3.05, 3.63) is 72.1 Å². The third kappa shape index (κ3) is 3.41. The van der Waals surface area contributed by atoms with E-state index in [9.17, 15) is 0 Å². The molecule has 1 aliphatic heterocycles. The van der Waals surface area contributed by atoms with Gasteiger partial charge in [0.1, 0.15) is 5.82 Å². The average molecular weight is 359 g/mol. The second kappa shape index (κ2) is 6.85. The number of aromatic nitrogens is 5. The van der Waals surface area contributed by atoms with Crippen LogP contribution in [0.25, 0.3) is 10.9 Å². The Morgan fingerprint density at radius 2 is 2.11 bits per heavy atom. The molecule has 1 aliphatic rings. The summed E-state index contributed by atoms with van der Waals surface area (Å²) in [5.41, 5.74) is 4.83. The van der Waals surface area contributed by atoms with Gasteiger partial charge in [-0.05, 0) is 35.2 Å². The Morgan fingerprint density at radius 1 is 1.11 bits per heavy atom. The van der Waals surface area contributed by atoms with Gasteiger partial charge in [-0.15, -0.1) is 0 Å². The SMILES string of the molecule is c1cnc(NCc2cc3n(n2)CCN(Cc2ccc4[nH]ccc4c2)C3)cn1. The van der Waals surface area contributed by atoms with Gasteiger partial charge >= 0.3 is 0 Å². The maximum atomic E-state index is 4.72. The monoisotopic (exact) mass is 359 g/mol. The van der Waals surface area contributed by atoms with E-state index in [1.807, 2.05) is 6.20 Å². The fraction of sp³-hybridized carbons (Fsp3) is 0.250. The fourth-order valence-electron chi connectivity index (χ4n) is 3.63. The lowest BCUT2D eigenvalue weighted by atomic mass is 10.1. The summed E-state index contributed by atoms with van der Waals surface area (Å²) in [5, 5.41) is 9.26. The molecule has 0 amide bonds. The minimum absolute atomic E-state index is 0.656. The molecule has 27 heavy (non-hydrogen) atoms. The van der Waals surface area contributed by atoms with E-state index >= 15 is 0 Å². The summed E-state index contributed by atoms with van der Waals surface area (Å²) in [4.78, 5) is 14.0. The summed E-state index contributed by atoms with van der Waals surface area (Å²) >= 11 is 0. The lowest BCUT2D eigenvalue weighted by molar-refractivity contribution is 0.205. The van der Waals surface area contributed by atoms with Crippen LogP contribution in [-0.4, -0.2) is 36.2 Å². The molecule has 4 aromatic rings. The quantitative estimate of drug-likeness (QED) is 0.573. The van der Waals surface area contributed by atoms with Crippen molar-refractivity contribution in [2.24, 2.45) is 0 Å².